The molecule has 1 saturated heterocycles. The first-order valence-electron chi connectivity index (χ1n) is 8.46. The molecule has 3 aromatic rings. The van der Waals surface area contributed by atoms with Crippen LogP contribution in [0.3, 0.4) is 0 Å². The van der Waals surface area contributed by atoms with Crippen LogP contribution in [-0.4, -0.2) is 49.9 Å². The van der Waals surface area contributed by atoms with Gasteiger partial charge in [-0.1, -0.05) is 11.3 Å². The maximum atomic E-state index is 12.7. The normalized spacial score (nSPS) is 14.5. The summed E-state index contributed by atoms with van der Waals surface area (Å²) in [7, 11) is 0. The largest absolute Gasteiger partial charge is 0.337 e. The molecule has 0 radical (unpaired) electrons. The quantitative estimate of drug-likeness (QED) is 0.703. The summed E-state index contributed by atoms with van der Waals surface area (Å²) in [6, 6.07) is 9.96. The van der Waals surface area contributed by atoms with Crippen LogP contribution in [0.25, 0.3) is 16.6 Å². The molecule has 4 rings (SSSR count). The molecule has 0 saturated carbocycles. The van der Waals surface area contributed by atoms with Crippen LogP contribution in [0.2, 0.25) is 0 Å². The SMILES string of the molecule is Cc1c(C(=O)N2CCC(N)CC2)nnn1-c1ccc2ncccc2c1.Cl.Cl. The van der Waals surface area contributed by atoms with E-state index >= 15 is 0 Å². The Morgan fingerprint density at radius 1 is 1.19 bits per heavy atom. The van der Waals surface area contributed by atoms with Crippen LogP contribution in [0.1, 0.15) is 29.0 Å². The lowest BCUT2D eigenvalue weighted by Crippen LogP contribution is -2.43. The van der Waals surface area contributed by atoms with Gasteiger partial charge in [0.2, 0.25) is 0 Å². The standard InChI is InChI=1S/C18H20N6O.2ClH/c1-12-17(18(25)23-9-6-14(19)7-10-23)21-22-24(12)15-4-5-16-13(11-15)3-2-8-20-16;;/h2-5,8,11,14H,6-7,9-10,19H2,1H3;2*1H. The zero-order valence-corrected chi connectivity index (χ0v) is 16.5. The second-order valence-electron chi connectivity index (χ2n) is 6.45. The van der Waals surface area contributed by atoms with Crippen molar-refractivity contribution in [3.63, 3.8) is 0 Å². The number of hydrogen-bond donors (Lipinski definition) is 1. The highest BCUT2D eigenvalue weighted by molar-refractivity contribution is 5.93. The van der Waals surface area contributed by atoms with Crippen molar-refractivity contribution in [2.75, 3.05) is 13.1 Å². The molecule has 1 amide bonds. The number of carbonyl (C=O) groups is 1. The van der Waals surface area contributed by atoms with Gasteiger partial charge in [-0.3, -0.25) is 9.78 Å². The summed E-state index contributed by atoms with van der Waals surface area (Å²) in [6.07, 6.45) is 3.43. The number of benzene rings is 1. The lowest BCUT2D eigenvalue weighted by molar-refractivity contribution is 0.0708. The van der Waals surface area contributed by atoms with Gasteiger partial charge in [0.05, 0.1) is 16.9 Å². The highest BCUT2D eigenvalue weighted by Gasteiger charge is 2.26. The number of pyridine rings is 1. The summed E-state index contributed by atoms with van der Waals surface area (Å²) < 4.78 is 1.70. The van der Waals surface area contributed by atoms with Crippen LogP contribution < -0.4 is 5.73 Å². The second-order valence-corrected chi connectivity index (χ2v) is 6.45. The Hall–Kier alpha value is -2.22. The second kappa shape index (κ2) is 8.65. The molecule has 0 atom stereocenters. The molecule has 2 N–H and O–H groups in total. The number of fused-ring (bicyclic) bond motifs is 1. The fourth-order valence-electron chi connectivity index (χ4n) is 3.22. The molecule has 1 fully saturated rings. The molecule has 1 aromatic carbocycles. The van der Waals surface area contributed by atoms with Crippen LogP contribution in [0.4, 0.5) is 0 Å². The van der Waals surface area contributed by atoms with Crippen molar-refractivity contribution in [2.45, 2.75) is 25.8 Å². The number of halogens is 2. The molecule has 0 spiro atoms. The van der Waals surface area contributed by atoms with Gasteiger partial charge in [0, 0.05) is 30.7 Å². The fourth-order valence-corrected chi connectivity index (χ4v) is 3.22. The maximum absolute atomic E-state index is 12.7. The number of piperidine rings is 1. The number of carbonyl (C=O) groups excluding carboxylic acids is 1. The molecule has 0 unspecified atom stereocenters. The third-order valence-corrected chi connectivity index (χ3v) is 4.76. The van der Waals surface area contributed by atoms with E-state index in [9.17, 15) is 4.79 Å². The third kappa shape index (κ3) is 4.05. The smallest absolute Gasteiger partial charge is 0.276 e. The predicted octanol–water partition coefficient (Wildman–Crippen LogP) is 2.53. The third-order valence-electron chi connectivity index (χ3n) is 4.76. The first kappa shape index (κ1) is 21.1. The average Bonchev–Trinajstić information content (AvgIpc) is 3.03. The van der Waals surface area contributed by atoms with Crippen molar-refractivity contribution in [3.8, 4) is 5.69 Å². The molecule has 3 heterocycles. The number of amides is 1. The minimum absolute atomic E-state index is 0. The van der Waals surface area contributed by atoms with E-state index in [4.69, 9.17) is 5.73 Å². The topological polar surface area (TPSA) is 89.9 Å². The highest BCUT2D eigenvalue weighted by atomic mass is 35.5. The summed E-state index contributed by atoms with van der Waals surface area (Å²) >= 11 is 0. The predicted molar refractivity (Wildman–Crippen MR) is 109 cm³/mol. The zero-order chi connectivity index (χ0) is 17.4. The Morgan fingerprint density at radius 3 is 2.67 bits per heavy atom. The van der Waals surface area contributed by atoms with Gasteiger partial charge >= 0.3 is 0 Å². The summed E-state index contributed by atoms with van der Waals surface area (Å²) in [5.41, 5.74) is 8.85. The minimum atomic E-state index is -0.0712. The molecule has 9 heteroatoms. The highest BCUT2D eigenvalue weighted by Crippen LogP contribution is 2.19. The van der Waals surface area contributed by atoms with E-state index in [1.54, 1.807) is 10.9 Å². The van der Waals surface area contributed by atoms with Crippen molar-refractivity contribution in [1.82, 2.24) is 24.9 Å². The van der Waals surface area contributed by atoms with Gasteiger partial charge in [-0.2, -0.15) is 0 Å². The molecule has 2 aromatic heterocycles. The number of likely N-dealkylation sites (tertiary alicyclic amines) is 1. The van der Waals surface area contributed by atoms with Crippen molar-refractivity contribution < 1.29 is 4.79 Å². The Morgan fingerprint density at radius 2 is 1.93 bits per heavy atom. The van der Waals surface area contributed by atoms with Gasteiger partial charge in [0.25, 0.3) is 5.91 Å². The van der Waals surface area contributed by atoms with Crippen LogP contribution in [0.5, 0.6) is 0 Å². The van der Waals surface area contributed by atoms with E-state index in [0.717, 1.165) is 35.1 Å². The minimum Gasteiger partial charge on any atom is -0.337 e. The van der Waals surface area contributed by atoms with Gasteiger partial charge in [-0.05, 0) is 44.0 Å². The Kier molecular flexibility index (Phi) is 6.75. The number of nitrogens with two attached hydrogens (primary N) is 1. The Bertz CT molecular complexity index is 937. The maximum Gasteiger partial charge on any atom is 0.276 e. The van der Waals surface area contributed by atoms with Crippen molar-refractivity contribution in [2.24, 2.45) is 5.73 Å². The number of nitrogens with zero attached hydrogens (tertiary/aromatic N) is 5. The average molecular weight is 409 g/mol. The molecular weight excluding hydrogens is 387 g/mol. The monoisotopic (exact) mass is 408 g/mol. The van der Waals surface area contributed by atoms with Gasteiger partial charge in [-0.25, -0.2) is 4.68 Å². The van der Waals surface area contributed by atoms with Crippen molar-refractivity contribution >= 4 is 41.6 Å². The first-order valence-corrected chi connectivity index (χ1v) is 8.46. The number of aromatic nitrogens is 4. The molecule has 1 aliphatic rings. The van der Waals surface area contributed by atoms with Gasteiger partial charge in [-0.15, -0.1) is 29.9 Å². The van der Waals surface area contributed by atoms with E-state index < -0.39 is 0 Å². The van der Waals surface area contributed by atoms with Gasteiger partial charge in [0.15, 0.2) is 5.69 Å². The fraction of sp³-hybridized carbons (Fsp3) is 0.333. The van der Waals surface area contributed by atoms with Crippen LogP contribution in [-0.2, 0) is 0 Å². The van der Waals surface area contributed by atoms with E-state index in [1.807, 2.05) is 42.2 Å². The summed E-state index contributed by atoms with van der Waals surface area (Å²) in [5, 5.41) is 9.36. The van der Waals surface area contributed by atoms with Crippen LogP contribution in [0.15, 0.2) is 36.5 Å². The van der Waals surface area contributed by atoms with E-state index in [2.05, 4.69) is 15.3 Å². The number of hydrogen-bond acceptors (Lipinski definition) is 5. The van der Waals surface area contributed by atoms with Crippen LogP contribution in [0, 0.1) is 6.92 Å². The molecule has 144 valence electrons. The number of rotatable bonds is 2. The van der Waals surface area contributed by atoms with Gasteiger partial charge < -0.3 is 10.6 Å². The molecule has 27 heavy (non-hydrogen) atoms. The summed E-state index contributed by atoms with van der Waals surface area (Å²) in [5.74, 6) is -0.0712. The molecule has 0 bridgehead atoms. The molecular formula is C18H22Cl2N6O. The Balaban J connectivity index is 0.00000131. The summed E-state index contributed by atoms with van der Waals surface area (Å²) in [6.45, 7) is 3.22. The van der Waals surface area contributed by atoms with E-state index in [0.29, 0.717) is 18.8 Å². The molecule has 1 aliphatic heterocycles. The van der Waals surface area contributed by atoms with Crippen molar-refractivity contribution in [1.29, 1.82) is 0 Å². The molecule has 7 nitrogen and oxygen atoms in total. The first-order chi connectivity index (χ1) is 12.1. The summed E-state index contributed by atoms with van der Waals surface area (Å²) in [4.78, 5) is 18.9. The van der Waals surface area contributed by atoms with E-state index in [1.165, 1.54) is 0 Å². The lowest BCUT2D eigenvalue weighted by atomic mass is 10.1. The van der Waals surface area contributed by atoms with E-state index in [-0.39, 0.29) is 36.8 Å². The van der Waals surface area contributed by atoms with Gasteiger partial charge in [0.1, 0.15) is 0 Å². The van der Waals surface area contributed by atoms with Crippen molar-refractivity contribution in [3.05, 3.63) is 47.9 Å². The van der Waals surface area contributed by atoms with Crippen LogP contribution >= 0.6 is 24.8 Å². The lowest BCUT2D eigenvalue weighted by Gasteiger charge is -2.29. The molecule has 0 aliphatic carbocycles. The zero-order valence-electron chi connectivity index (χ0n) is 14.9. The Labute approximate surface area is 169 Å².